The van der Waals surface area contributed by atoms with Crippen LogP contribution in [0.15, 0.2) is 9.98 Å². The molecule has 0 radical (unpaired) electrons. The van der Waals surface area contributed by atoms with Crippen LogP contribution in [0.3, 0.4) is 0 Å². The zero-order valence-corrected chi connectivity index (χ0v) is 9.01. The largest absolute Gasteiger partial charge is 0.500 e. The Labute approximate surface area is 81.8 Å². The van der Waals surface area contributed by atoms with E-state index in [4.69, 9.17) is 13.3 Å². The van der Waals surface area contributed by atoms with Gasteiger partial charge in [-0.3, -0.25) is 0 Å². The predicted octanol–water partition coefficient (Wildman–Crippen LogP) is -0.180. The van der Waals surface area contributed by atoms with Crippen LogP contribution in [-0.2, 0) is 22.9 Å². The lowest BCUT2D eigenvalue weighted by Gasteiger charge is -2.22. The number of isocyanates is 2. The zero-order chi connectivity index (χ0) is 11.0. The van der Waals surface area contributed by atoms with Crippen molar-refractivity contribution < 1.29 is 22.9 Å². The summed E-state index contributed by atoms with van der Waals surface area (Å²) in [5.74, 6) is 0. The summed E-state index contributed by atoms with van der Waals surface area (Å²) in [5, 5.41) is 0. The van der Waals surface area contributed by atoms with Crippen LogP contribution in [0.4, 0.5) is 0 Å². The Kier molecular flexibility index (Phi) is 5.81. The minimum atomic E-state index is -2.88. The molecule has 0 unspecified atom stereocenters. The fourth-order valence-corrected chi connectivity index (χ4v) is 1.39. The van der Waals surface area contributed by atoms with Gasteiger partial charge in [-0.1, -0.05) is 0 Å². The van der Waals surface area contributed by atoms with Crippen molar-refractivity contribution in [3.05, 3.63) is 0 Å². The standard InChI is InChI=1S/C6H10N2O5Si/c1-11-14(3,12-2)13-6(7-4-9)8-5-10/h6H,1-3H3. The second kappa shape index (κ2) is 6.33. The Morgan fingerprint density at radius 2 is 1.57 bits per heavy atom. The highest BCUT2D eigenvalue weighted by atomic mass is 28.4. The van der Waals surface area contributed by atoms with Crippen molar-refractivity contribution >= 4 is 21.0 Å². The van der Waals surface area contributed by atoms with Crippen molar-refractivity contribution in [2.75, 3.05) is 14.2 Å². The molecule has 0 aliphatic carbocycles. The molecule has 0 aromatic heterocycles. The summed E-state index contributed by atoms with van der Waals surface area (Å²) in [7, 11) is -0.126. The van der Waals surface area contributed by atoms with Gasteiger partial charge in [-0.05, 0) is 0 Å². The van der Waals surface area contributed by atoms with Crippen LogP contribution < -0.4 is 0 Å². The Bertz CT molecular complexity index is 249. The van der Waals surface area contributed by atoms with Crippen LogP contribution in [0.1, 0.15) is 0 Å². The molecule has 0 N–H and O–H groups in total. The summed E-state index contributed by atoms with van der Waals surface area (Å²) in [5.41, 5.74) is 0. The van der Waals surface area contributed by atoms with E-state index in [2.05, 4.69) is 9.98 Å². The minimum Gasteiger partial charge on any atom is -0.377 e. The first kappa shape index (κ1) is 12.9. The van der Waals surface area contributed by atoms with E-state index >= 15 is 0 Å². The van der Waals surface area contributed by atoms with Gasteiger partial charge in [0.1, 0.15) is 0 Å². The van der Waals surface area contributed by atoms with Crippen LogP contribution in [0.25, 0.3) is 0 Å². The monoisotopic (exact) mass is 218 g/mol. The third-order valence-corrected chi connectivity index (χ3v) is 3.51. The number of rotatable bonds is 6. The normalized spacial score (nSPS) is 12.5. The van der Waals surface area contributed by atoms with Gasteiger partial charge in [0.2, 0.25) is 12.2 Å². The molecule has 0 bridgehead atoms. The second-order valence-electron chi connectivity index (χ2n) is 2.16. The lowest BCUT2D eigenvalue weighted by atomic mass is 11.0. The highest BCUT2D eigenvalue weighted by Crippen LogP contribution is 2.10. The van der Waals surface area contributed by atoms with Gasteiger partial charge in [-0.15, -0.1) is 0 Å². The van der Waals surface area contributed by atoms with Crippen LogP contribution in [0.2, 0.25) is 6.55 Å². The average molecular weight is 218 g/mol. The SMILES string of the molecule is CO[Si](C)(OC)OC(N=C=O)N=C=O. The van der Waals surface area contributed by atoms with Crippen LogP contribution in [0, 0.1) is 0 Å². The quantitative estimate of drug-likeness (QED) is 0.350. The van der Waals surface area contributed by atoms with Gasteiger partial charge in [0, 0.05) is 20.8 Å². The number of nitrogens with zero attached hydrogens (tertiary/aromatic N) is 2. The molecule has 0 heterocycles. The van der Waals surface area contributed by atoms with Crippen LogP contribution in [-0.4, -0.2) is 41.5 Å². The number of hydrogen-bond acceptors (Lipinski definition) is 7. The molecule has 0 amide bonds. The van der Waals surface area contributed by atoms with Gasteiger partial charge in [0.25, 0.3) is 6.35 Å². The Balaban J connectivity index is 4.56. The topological polar surface area (TPSA) is 86.5 Å². The summed E-state index contributed by atoms with van der Waals surface area (Å²) >= 11 is 0. The molecule has 8 heteroatoms. The van der Waals surface area contributed by atoms with E-state index in [9.17, 15) is 9.59 Å². The Morgan fingerprint density at radius 3 is 1.86 bits per heavy atom. The second-order valence-corrected chi connectivity index (χ2v) is 4.93. The van der Waals surface area contributed by atoms with Crippen LogP contribution >= 0.6 is 0 Å². The molecule has 14 heavy (non-hydrogen) atoms. The van der Waals surface area contributed by atoms with Gasteiger partial charge in [-0.2, -0.15) is 9.98 Å². The van der Waals surface area contributed by atoms with Crippen molar-refractivity contribution in [3.8, 4) is 0 Å². The van der Waals surface area contributed by atoms with Gasteiger partial charge >= 0.3 is 8.80 Å². The third-order valence-electron chi connectivity index (χ3n) is 1.39. The summed E-state index contributed by atoms with van der Waals surface area (Å²) < 4.78 is 14.9. The van der Waals surface area contributed by atoms with Crippen molar-refractivity contribution in [3.63, 3.8) is 0 Å². The highest BCUT2D eigenvalue weighted by molar-refractivity contribution is 6.59. The smallest absolute Gasteiger partial charge is 0.377 e. The fraction of sp³-hybridized carbons (Fsp3) is 0.667. The molecular formula is C6H10N2O5Si. The molecule has 0 rings (SSSR count). The molecule has 0 aliphatic heterocycles. The van der Waals surface area contributed by atoms with Gasteiger partial charge in [0.15, 0.2) is 0 Å². The molecule has 0 aliphatic rings. The minimum absolute atomic E-state index is 1.21. The maximum absolute atomic E-state index is 9.92. The summed E-state index contributed by atoms with van der Waals surface area (Å²) in [6, 6.07) is 0. The lowest BCUT2D eigenvalue weighted by Crippen LogP contribution is -2.42. The molecule has 7 nitrogen and oxygen atoms in total. The molecule has 0 spiro atoms. The Morgan fingerprint density at radius 1 is 1.14 bits per heavy atom. The molecule has 0 aromatic rings. The van der Waals surface area contributed by atoms with Crippen LogP contribution in [0.5, 0.6) is 0 Å². The molecule has 0 saturated heterocycles. The lowest BCUT2D eigenvalue weighted by molar-refractivity contribution is 0.0688. The molecule has 78 valence electrons. The summed E-state index contributed by atoms with van der Waals surface area (Å²) in [6.07, 6.45) is 1.12. The number of hydrogen-bond donors (Lipinski definition) is 0. The highest BCUT2D eigenvalue weighted by Gasteiger charge is 2.35. The molecule has 0 aromatic carbocycles. The molecule has 0 atom stereocenters. The van der Waals surface area contributed by atoms with Gasteiger partial charge in [-0.25, -0.2) is 9.59 Å². The fourth-order valence-electron chi connectivity index (χ4n) is 0.543. The Hall–Kier alpha value is -1.14. The van der Waals surface area contributed by atoms with E-state index in [1.165, 1.54) is 26.4 Å². The van der Waals surface area contributed by atoms with E-state index in [0.717, 1.165) is 0 Å². The maximum atomic E-state index is 9.92. The predicted molar refractivity (Wildman–Crippen MR) is 46.8 cm³/mol. The first-order chi connectivity index (χ1) is 6.61. The van der Waals surface area contributed by atoms with E-state index in [0.29, 0.717) is 0 Å². The molecular weight excluding hydrogens is 208 g/mol. The number of carbonyl (C=O) groups excluding carboxylic acids is 2. The van der Waals surface area contributed by atoms with E-state index < -0.39 is 15.2 Å². The zero-order valence-electron chi connectivity index (χ0n) is 8.01. The summed E-state index contributed by atoms with van der Waals surface area (Å²) in [4.78, 5) is 26.1. The molecule has 0 fully saturated rings. The van der Waals surface area contributed by atoms with Gasteiger partial charge in [0.05, 0.1) is 0 Å². The van der Waals surface area contributed by atoms with E-state index in [1.807, 2.05) is 0 Å². The van der Waals surface area contributed by atoms with Crippen molar-refractivity contribution in [1.29, 1.82) is 0 Å². The average Bonchev–Trinajstić information content (AvgIpc) is 2.18. The number of aliphatic imine (C=N–C) groups is 2. The van der Waals surface area contributed by atoms with Crippen molar-refractivity contribution in [1.82, 2.24) is 0 Å². The first-order valence-electron chi connectivity index (χ1n) is 3.54. The summed E-state index contributed by atoms with van der Waals surface area (Å²) in [6.45, 7) is 1.56. The third kappa shape index (κ3) is 4.20. The maximum Gasteiger partial charge on any atom is 0.500 e. The van der Waals surface area contributed by atoms with E-state index in [1.54, 1.807) is 6.55 Å². The molecule has 0 saturated carbocycles. The van der Waals surface area contributed by atoms with Crippen molar-refractivity contribution in [2.45, 2.75) is 12.9 Å². The first-order valence-corrected chi connectivity index (χ1v) is 5.76. The van der Waals surface area contributed by atoms with Crippen molar-refractivity contribution in [2.24, 2.45) is 9.98 Å². The van der Waals surface area contributed by atoms with E-state index in [-0.39, 0.29) is 0 Å². The van der Waals surface area contributed by atoms with Gasteiger partial charge < -0.3 is 13.3 Å².